The van der Waals surface area contributed by atoms with Crippen LogP contribution in [0.15, 0.2) is 48.5 Å². The minimum atomic E-state index is -4.56. The van der Waals surface area contributed by atoms with Crippen LogP contribution in [0.25, 0.3) is 0 Å². The second kappa shape index (κ2) is 9.36. The molecule has 0 bridgehead atoms. The first kappa shape index (κ1) is 22.6. The standard InChI is InChI=1S/C21H22F3N3O4/c22-21(23,24)16-3-1-4-17(11-16)27(20(30)26-10-2-5-18(26)13-28)12-14-6-8-15(9-7-14)19(29)25-31/h1,3-4,6-9,11,18,28,31H,2,5,10,12-13H2,(H,25,29). The number of hydrogen-bond acceptors (Lipinski definition) is 4. The summed E-state index contributed by atoms with van der Waals surface area (Å²) in [5.41, 5.74) is 1.46. The van der Waals surface area contributed by atoms with Crippen molar-refractivity contribution in [2.24, 2.45) is 0 Å². The van der Waals surface area contributed by atoms with E-state index in [2.05, 4.69) is 0 Å². The van der Waals surface area contributed by atoms with E-state index >= 15 is 0 Å². The van der Waals surface area contributed by atoms with Crippen LogP contribution in [0.4, 0.5) is 23.7 Å². The lowest BCUT2D eigenvalue weighted by molar-refractivity contribution is -0.137. The molecule has 31 heavy (non-hydrogen) atoms. The first-order valence-corrected chi connectivity index (χ1v) is 9.64. The number of halogens is 3. The second-order valence-corrected chi connectivity index (χ2v) is 7.23. The molecule has 2 aromatic rings. The predicted octanol–water partition coefficient (Wildman–Crippen LogP) is 3.41. The molecule has 1 saturated heterocycles. The number of benzene rings is 2. The van der Waals surface area contributed by atoms with Gasteiger partial charge in [0.2, 0.25) is 0 Å². The number of carbonyl (C=O) groups is 2. The van der Waals surface area contributed by atoms with Crippen LogP contribution in [-0.4, -0.2) is 46.3 Å². The molecule has 3 rings (SSSR count). The van der Waals surface area contributed by atoms with Gasteiger partial charge in [0, 0.05) is 17.8 Å². The van der Waals surface area contributed by atoms with Gasteiger partial charge in [0.05, 0.1) is 24.8 Å². The quantitative estimate of drug-likeness (QED) is 0.494. The molecule has 2 aromatic carbocycles. The molecule has 1 fully saturated rings. The van der Waals surface area contributed by atoms with Gasteiger partial charge in [0.25, 0.3) is 5.91 Å². The minimum absolute atomic E-state index is 0.0458. The summed E-state index contributed by atoms with van der Waals surface area (Å²) in [6, 6.07) is 9.56. The Kier molecular flexibility index (Phi) is 6.81. The number of alkyl halides is 3. The summed E-state index contributed by atoms with van der Waals surface area (Å²) >= 11 is 0. The molecule has 1 aliphatic heterocycles. The lowest BCUT2D eigenvalue weighted by atomic mass is 10.1. The zero-order chi connectivity index (χ0) is 22.6. The van der Waals surface area contributed by atoms with Gasteiger partial charge >= 0.3 is 12.2 Å². The number of hydroxylamine groups is 1. The Morgan fingerprint density at radius 2 is 1.87 bits per heavy atom. The Labute approximate surface area is 176 Å². The second-order valence-electron chi connectivity index (χ2n) is 7.23. The molecule has 1 atom stereocenters. The predicted molar refractivity (Wildman–Crippen MR) is 106 cm³/mol. The maximum Gasteiger partial charge on any atom is 0.416 e. The molecule has 10 heteroatoms. The summed E-state index contributed by atoms with van der Waals surface area (Å²) in [5, 5.41) is 18.3. The van der Waals surface area contributed by atoms with Crippen molar-refractivity contribution in [2.75, 3.05) is 18.1 Å². The normalized spacial score (nSPS) is 16.3. The van der Waals surface area contributed by atoms with Crippen LogP contribution < -0.4 is 10.4 Å². The van der Waals surface area contributed by atoms with Crippen LogP contribution in [0.2, 0.25) is 0 Å². The van der Waals surface area contributed by atoms with Crippen LogP contribution in [0.1, 0.15) is 34.3 Å². The number of aliphatic hydroxyl groups excluding tert-OH is 1. The number of rotatable bonds is 5. The number of hydrogen-bond donors (Lipinski definition) is 3. The number of nitrogens with one attached hydrogen (secondary N) is 1. The Balaban J connectivity index is 1.95. The van der Waals surface area contributed by atoms with Gasteiger partial charge in [-0.05, 0) is 48.7 Å². The summed E-state index contributed by atoms with van der Waals surface area (Å²) in [6.45, 7) is 0.123. The molecule has 3 N–H and O–H groups in total. The number of nitrogens with zero attached hydrogens (tertiary/aromatic N) is 2. The Hall–Kier alpha value is -3.11. The highest BCUT2D eigenvalue weighted by Crippen LogP contribution is 2.33. The number of carbonyl (C=O) groups excluding carboxylic acids is 2. The van der Waals surface area contributed by atoms with E-state index in [4.69, 9.17) is 5.21 Å². The molecule has 7 nitrogen and oxygen atoms in total. The zero-order valence-electron chi connectivity index (χ0n) is 16.5. The van der Waals surface area contributed by atoms with Crippen LogP contribution >= 0.6 is 0 Å². The van der Waals surface area contributed by atoms with Gasteiger partial charge in [-0.2, -0.15) is 13.2 Å². The van der Waals surface area contributed by atoms with E-state index in [1.54, 1.807) is 12.1 Å². The van der Waals surface area contributed by atoms with Crippen molar-refractivity contribution >= 4 is 17.6 Å². The van der Waals surface area contributed by atoms with E-state index in [0.29, 0.717) is 24.9 Å². The number of likely N-dealkylation sites (tertiary alicyclic amines) is 1. The zero-order valence-corrected chi connectivity index (χ0v) is 16.5. The Morgan fingerprint density at radius 3 is 2.48 bits per heavy atom. The summed E-state index contributed by atoms with van der Waals surface area (Å²) in [4.78, 5) is 27.4. The molecule has 0 saturated carbocycles. The summed E-state index contributed by atoms with van der Waals surface area (Å²) in [5.74, 6) is -0.708. The highest BCUT2D eigenvalue weighted by molar-refractivity contribution is 5.94. The van der Waals surface area contributed by atoms with Crippen molar-refractivity contribution in [1.29, 1.82) is 0 Å². The first-order chi connectivity index (χ1) is 14.7. The number of aliphatic hydroxyl groups is 1. The van der Waals surface area contributed by atoms with E-state index in [9.17, 15) is 27.9 Å². The van der Waals surface area contributed by atoms with Crippen molar-refractivity contribution in [3.05, 3.63) is 65.2 Å². The van der Waals surface area contributed by atoms with Crippen LogP contribution in [0, 0.1) is 0 Å². The highest BCUT2D eigenvalue weighted by Gasteiger charge is 2.34. The minimum Gasteiger partial charge on any atom is -0.394 e. The summed E-state index contributed by atoms with van der Waals surface area (Å²) < 4.78 is 39.7. The van der Waals surface area contributed by atoms with E-state index in [0.717, 1.165) is 12.1 Å². The van der Waals surface area contributed by atoms with Gasteiger partial charge in [-0.15, -0.1) is 0 Å². The Bertz CT molecular complexity index is 934. The summed E-state index contributed by atoms with van der Waals surface area (Å²) in [7, 11) is 0. The molecule has 1 aliphatic rings. The van der Waals surface area contributed by atoms with E-state index in [1.165, 1.54) is 39.5 Å². The smallest absolute Gasteiger partial charge is 0.394 e. The monoisotopic (exact) mass is 437 g/mol. The Morgan fingerprint density at radius 1 is 1.16 bits per heavy atom. The average molecular weight is 437 g/mol. The van der Waals surface area contributed by atoms with Crippen molar-refractivity contribution < 1.29 is 33.1 Å². The lowest BCUT2D eigenvalue weighted by Crippen LogP contribution is -2.46. The molecule has 0 spiro atoms. The molecular weight excluding hydrogens is 415 g/mol. The van der Waals surface area contributed by atoms with Crippen molar-refractivity contribution in [1.82, 2.24) is 10.4 Å². The molecular formula is C21H22F3N3O4. The molecule has 0 radical (unpaired) electrons. The largest absolute Gasteiger partial charge is 0.416 e. The van der Waals surface area contributed by atoms with Crippen molar-refractivity contribution in [2.45, 2.75) is 31.6 Å². The van der Waals surface area contributed by atoms with Crippen molar-refractivity contribution in [3.8, 4) is 0 Å². The average Bonchev–Trinajstić information content (AvgIpc) is 3.25. The van der Waals surface area contributed by atoms with Crippen LogP contribution in [0.5, 0.6) is 0 Å². The molecule has 3 amide bonds. The third kappa shape index (κ3) is 5.15. The number of anilines is 1. The van der Waals surface area contributed by atoms with E-state index in [-0.39, 0.29) is 24.4 Å². The first-order valence-electron chi connectivity index (χ1n) is 9.64. The molecule has 1 unspecified atom stereocenters. The maximum absolute atomic E-state index is 13.3. The van der Waals surface area contributed by atoms with E-state index in [1.807, 2.05) is 0 Å². The fourth-order valence-electron chi connectivity index (χ4n) is 3.56. The van der Waals surface area contributed by atoms with Gasteiger partial charge in [0.15, 0.2) is 0 Å². The van der Waals surface area contributed by atoms with Gasteiger partial charge in [-0.3, -0.25) is 14.9 Å². The van der Waals surface area contributed by atoms with Gasteiger partial charge in [-0.1, -0.05) is 18.2 Å². The van der Waals surface area contributed by atoms with Crippen LogP contribution in [-0.2, 0) is 12.7 Å². The highest BCUT2D eigenvalue weighted by atomic mass is 19.4. The maximum atomic E-state index is 13.3. The number of urea groups is 1. The molecule has 0 aliphatic carbocycles. The third-order valence-corrected chi connectivity index (χ3v) is 5.21. The fraction of sp³-hybridized carbons (Fsp3) is 0.333. The van der Waals surface area contributed by atoms with Crippen LogP contribution in [0.3, 0.4) is 0 Å². The SMILES string of the molecule is O=C(NO)c1ccc(CN(C(=O)N2CCCC2CO)c2cccc(C(F)(F)F)c2)cc1. The lowest BCUT2D eigenvalue weighted by Gasteiger charge is -2.31. The third-order valence-electron chi connectivity index (χ3n) is 5.21. The molecule has 1 heterocycles. The van der Waals surface area contributed by atoms with Crippen molar-refractivity contribution in [3.63, 3.8) is 0 Å². The van der Waals surface area contributed by atoms with E-state index < -0.39 is 29.7 Å². The van der Waals surface area contributed by atoms with Gasteiger partial charge < -0.3 is 10.0 Å². The fourth-order valence-corrected chi connectivity index (χ4v) is 3.56. The van der Waals surface area contributed by atoms with Gasteiger partial charge in [-0.25, -0.2) is 10.3 Å². The topological polar surface area (TPSA) is 93.1 Å². The summed E-state index contributed by atoms with van der Waals surface area (Å²) in [6.07, 6.45) is -3.26. The molecule has 0 aromatic heterocycles. The molecule has 166 valence electrons. The van der Waals surface area contributed by atoms with Gasteiger partial charge in [0.1, 0.15) is 0 Å². The number of amides is 3.